The molecule has 0 aliphatic carbocycles. The van der Waals surface area contributed by atoms with Crippen LogP contribution in [0.3, 0.4) is 0 Å². The fourth-order valence-corrected chi connectivity index (χ4v) is 3.43. The maximum atomic E-state index is 12.6. The van der Waals surface area contributed by atoms with Crippen molar-refractivity contribution in [2.24, 2.45) is 5.92 Å². The summed E-state index contributed by atoms with van der Waals surface area (Å²) < 4.78 is 0. The van der Waals surface area contributed by atoms with Crippen molar-refractivity contribution >= 4 is 17.2 Å². The average molecular weight is 294 g/mol. The molecule has 1 amide bonds. The summed E-state index contributed by atoms with van der Waals surface area (Å²) >= 11 is 1.73. The third-order valence-corrected chi connectivity index (χ3v) is 5.04. The minimum Gasteiger partial charge on any atom is -0.320 e. The van der Waals surface area contributed by atoms with Gasteiger partial charge in [-0.2, -0.15) is 0 Å². The second kappa shape index (κ2) is 7.23. The van der Waals surface area contributed by atoms with E-state index in [9.17, 15) is 4.79 Å². The van der Waals surface area contributed by atoms with Crippen LogP contribution in [0.2, 0.25) is 0 Å². The zero-order valence-corrected chi connectivity index (χ0v) is 13.6. The van der Waals surface area contributed by atoms with E-state index in [2.05, 4.69) is 48.5 Å². The highest BCUT2D eigenvalue weighted by atomic mass is 32.1. The van der Waals surface area contributed by atoms with Gasteiger partial charge in [0, 0.05) is 11.4 Å². The number of unbranched alkanes of at least 4 members (excludes halogenated alkanes) is 1. The van der Waals surface area contributed by atoms with Crippen LogP contribution in [0.4, 0.5) is 0 Å². The lowest BCUT2D eigenvalue weighted by Crippen LogP contribution is -2.34. The van der Waals surface area contributed by atoms with Gasteiger partial charge < -0.3 is 4.90 Å². The lowest BCUT2D eigenvalue weighted by atomic mass is 10.1. The van der Waals surface area contributed by atoms with Gasteiger partial charge in [0.2, 0.25) is 5.91 Å². The summed E-state index contributed by atoms with van der Waals surface area (Å²) in [6, 6.07) is 4.19. The monoisotopic (exact) mass is 294 g/mol. The Labute approximate surface area is 126 Å². The maximum Gasteiger partial charge on any atom is 0.241 e. The van der Waals surface area contributed by atoms with Crippen molar-refractivity contribution in [3.05, 3.63) is 22.4 Å². The lowest BCUT2D eigenvalue weighted by Gasteiger charge is -2.26. The van der Waals surface area contributed by atoms with Gasteiger partial charge in [-0.05, 0) is 23.8 Å². The largest absolute Gasteiger partial charge is 0.320 e. The summed E-state index contributed by atoms with van der Waals surface area (Å²) in [4.78, 5) is 15.9. The van der Waals surface area contributed by atoms with E-state index in [-0.39, 0.29) is 18.1 Å². The number of hydrogen-bond acceptors (Lipinski definition) is 3. The van der Waals surface area contributed by atoms with Gasteiger partial charge in [-0.1, -0.05) is 46.1 Å². The van der Waals surface area contributed by atoms with E-state index in [1.54, 1.807) is 11.3 Å². The van der Waals surface area contributed by atoms with E-state index in [0.29, 0.717) is 5.92 Å². The van der Waals surface area contributed by atoms with Crippen LogP contribution < -0.4 is 5.32 Å². The van der Waals surface area contributed by atoms with Gasteiger partial charge in [-0.3, -0.25) is 10.1 Å². The fraction of sp³-hybridized carbons (Fsp3) is 0.688. The molecule has 0 radical (unpaired) electrons. The van der Waals surface area contributed by atoms with Crippen LogP contribution in [-0.2, 0) is 4.79 Å². The number of amides is 1. The van der Waals surface area contributed by atoms with E-state index in [1.165, 1.54) is 4.88 Å². The summed E-state index contributed by atoms with van der Waals surface area (Å²) in [6.45, 7) is 7.44. The van der Waals surface area contributed by atoms with Crippen LogP contribution in [0.25, 0.3) is 0 Å². The predicted molar refractivity (Wildman–Crippen MR) is 84.7 cm³/mol. The summed E-state index contributed by atoms with van der Waals surface area (Å²) in [5.41, 5.74) is 0. The van der Waals surface area contributed by atoms with Gasteiger partial charge in [0.15, 0.2) is 0 Å². The van der Waals surface area contributed by atoms with E-state index >= 15 is 0 Å². The van der Waals surface area contributed by atoms with Crippen LogP contribution >= 0.6 is 11.3 Å². The maximum absolute atomic E-state index is 12.6. The van der Waals surface area contributed by atoms with Gasteiger partial charge in [0.05, 0.1) is 6.04 Å². The van der Waals surface area contributed by atoms with Crippen molar-refractivity contribution in [1.29, 1.82) is 0 Å². The van der Waals surface area contributed by atoms with E-state index in [0.717, 1.165) is 32.2 Å². The van der Waals surface area contributed by atoms with Crippen LogP contribution in [0.5, 0.6) is 0 Å². The van der Waals surface area contributed by atoms with Crippen molar-refractivity contribution in [3.63, 3.8) is 0 Å². The normalized spacial score (nSPS) is 24.4. The Morgan fingerprint density at radius 2 is 2.25 bits per heavy atom. The number of carbonyl (C=O) groups excluding carboxylic acids is 1. The van der Waals surface area contributed by atoms with Crippen LogP contribution in [-0.4, -0.2) is 23.4 Å². The Balaban J connectivity index is 2.12. The zero-order valence-electron chi connectivity index (χ0n) is 12.8. The molecule has 0 aromatic carbocycles. The molecule has 1 aliphatic rings. The number of carbonyl (C=O) groups is 1. The minimum absolute atomic E-state index is 0.00565. The molecular formula is C16H26N2OS. The highest BCUT2D eigenvalue weighted by molar-refractivity contribution is 7.10. The van der Waals surface area contributed by atoms with Gasteiger partial charge in [0.25, 0.3) is 0 Å². The van der Waals surface area contributed by atoms with Crippen molar-refractivity contribution in [2.45, 2.75) is 58.7 Å². The number of nitrogens with one attached hydrogen (secondary N) is 1. The molecule has 0 saturated carbocycles. The quantitative estimate of drug-likeness (QED) is 0.830. The first-order chi connectivity index (χ1) is 9.67. The van der Waals surface area contributed by atoms with Crippen molar-refractivity contribution in [3.8, 4) is 0 Å². The van der Waals surface area contributed by atoms with Crippen LogP contribution in [0, 0.1) is 5.92 Å². The molecule has 3 atom stereocenters. The van der Waals surface area contributed by atoms with Crippen molar-refractivity contribution < 1.29 is 4.79 Å². The van der Waals surface area contributed by atoms with Crippen LogP contribution in [0.15, 0.2) is 17.5 Å². The number of rotatable bonds is 7. The van der Waals surface area contributed by atoms with E-state index in [1.807, 2.05) is 0 Å². The molecule has 1 saturated heterocycles. The smallest absolute Gasteiger partial charge is 0.241 e. The zero-order chi connectivity index (χ0) is 14.5. The van der Waals surface area contributed by atoms with Gasteiger partial charge in [0.1, 0.15) is 6.17 Å². The molecule has 3 nitrogen and oxygen atoms in total. The second-order valence-corrected chi connectivity index (χ2v) is 6.76. The Morgan fingerprint density at radius 3 is 2.85 bits per heavy atom. The van der Waals surface area contributed by atoms with Crippen molar-refractivity contribution in [1.82, 2.24) is 10.2 Å². The Kier molecular flexibility index (Phi) is 5.61. The summed E-state index contributed by atoms with van der Waals surface area (Å²) in [7, 11) is 0. The average Bonchev–Trinajstić information content (AvgIpc) is 3.07. The topological polar surface area (TPSA) is 32.3 Å². The third-order valence-electron chi connectivity index (χ3n) is 4.12. The van der Waals surface area contributed by atoms with Gasteiger partial charge in [-0.15, -0.1) is 11.3 Å². The Bertz CT molecular complexity index is 418. The molecule has 20 heavy (non-hydrogen) atoms. The van der Waals surface area contributed by atoms with Gasteiger partial charge in [-0.25, -0.2) is 0 Å². The molecule has 2 heterocycles. The molecular weight excluding hydrogens is 268 g/mol. The SMILES string of the molecule is CCCCC1NC(c2cccs2)N(CC(C)CC)C1=O. The van der Waals surface area contributed by atoms with Crippen LogP contribution in [0.1, 0.15) is 57.5 Å². The first-order valence-electron chi connectivity index (χ1n) is 7.77. The lowest BCUT2D eigenvalue weighted by molar-refractivity contribution is -0.130. The molecule has 2 rings (SSSR count). The molecule has 1 aliphatic heterocycles. The number of thiophene rings is 1. The first kappa shape index (κ1) is 15.5. The summed E-state index contributed by atoms with van der Waals surface area (Å²) in [5.74, 6) is 0.838. The Morgan fingerprint density at radius 1 is 1.45 bits per heavy atom. The van der Waals surface area contributed by atoms with Gasteiger partial charge >= 0.3 is 0 Å². The molecule has 3 unspecified atom stereocenters. The highest BCUT2D eigenvalue weighted by Gasteiger charge is 2.39. The van der Waals surface area contributed by atoms with E-state index in [4.69, 9.17) is 0 Å². The van der Waals surface area contributed by atoms with Crippen molar-refractivity contribution in [2.75, 3.05) is 6.54 Å². The highest BCUT2D eigenvalue weighted by Crippen LogP contribution is 2.31. The molecule has 112 valence electrons. The van der Waals surface area contributed by atoms with E-state index < -0.39 is 0 Å². The second-order valence-electron chi connectivity index (χ2n) is 5.78. The third kappa shape index (κ3) is 3.41. The first-order valence-corrected chi connectivity index (χ1v) is 8.65. The molecule has 0 spiro atoms. The Hall–Kier alpha value is -0.870. The predicted octanol–water partition coefficient (Wildman–Crippen LogP) is 3.78. The molecule has 4 heteroatoms. The summed E-state index contributed by atoms with van der Waals surface area (Å²) in [6.07, 6.45) is 4.39. The molecule has 0 bridgehead atoms. The summed E-state index contributed by atoms with van der Waals surface area (Å²) in [5, 5.41) is 5.63. The standard InChI is InChI=1S/C16H26N2OS/c1-4-6-8-13-16(19)18(11-12(3)5-2)15(17-13)14-9-7-10-20-14/h7,9-10,12-13,15,17H,4-6,8,11H2,1-3H3. The molecule has 1 aromatic heterocycles. The number of nitrogens with zero attached hydrogens (tertiary/aromatic N) is 1. The fourth-order valence-electron chi connectivity index (χ4n) is 2.64. The molecule has 1 aromatic rings. The number of hydrogen-bond donors (Lipinski definition) is 1. The minimum atomic E-state index is 0.00565. The molecule has 1 N–H and O–H groups in total. The molecule has 1 fully saturated rings.